The standard InChI is InChI=1S/C22H29NO2.CH4O/c1-5-21(24)25-22(18(2)17-23(3)4,20-14-10-7-11-15-20)16-19-12-8-6-9-13-19;1-2/h6-15,18H,5,16-17H2,1-4H3;2H,1H3/t18-,22+;/m1./s1. The van der Waals surface area contributed by atoms with Crippen LogP contribution in [0.5, 0.6) is 0 Å². The van der Waals surface area contributed by atoms with Crippen LogP contribution in [-0.4, -0.2) is 43.7 Å². The molecule has 2 aromatic rings. The van der Waals surface area contributed by atoms with Crippen molar-refractivity contribution < 1.29 is 14.6 Å². The van der Waals surface area contributed by atoms with Gasteiger partial charge in [0, 0.05) is 32.4 Å². The topological polar surface area (TPSA) is 49.8 Å². The molecule has 0 amide bonds. The van der Waals surface area contributed by atoms with Crippen molar-refractivity contribution in [1.82, 2.24) is 4.90 Å². The van der Waals surface area contributed by atoms with Crippen LogP contribution in [0.1, 0.15) is 31.4 Å². The third-order valence-electron chi connectivity index (χ3n) is 4.59. The van der Waals surface area contributed by atoms with Gasteiger partial charge in [-0.3, -0.25) is 4.79 Å². The molecule has 0 saturated heterocycles. The molecule has 0 aliphatic rings. The highest BCUT2D eigenvalue weighted by Crippen LogP contribution is 2.38. The summed E-state index contributed by atoms with van der Waals surface area (Å²) in [5.41, 5.74) is 1.54. The first-order valence-corrected chi connectivity index (χ1v) is 9.38. The summed E-state index contributed by atoms with van der Waals surface area (Å²) in [6.45, 7) is 4.84. The van der Waals surface area contributed by atoms with Crippen LogP contribution in [-0.2, 0) is 21.6 Å². The first-order valence-electron chi connectivity index (χ1n) is 9.38. The lowest BCUT2D eigenvalue weighted by molar-refractivity contribution is -0.168. The summed E-state index contributed by atoms with van der Waals surface area (Å²) < 4.78 is 6.17. The number of esters is 1. The van der Waals surface area contributed by atoms with Crippen molar-refractivity contribution in [3.8, 4) is 0 Å². The van der Waals surface area contributed by atoms with E-state index >= 15 is 0 Å². The van der Waals surface area contributed by atoms with E-state index in [1.165, 1.54) is 5.56 Å². The maximum absolute atomic E-state index is 12.3. The zero-order valence-electron chi connectivity index (χ0n) is 17.2. The van der Waals surface area contributed by atoms with Crippen molar-refractivity contribution in [2.75, 3.05) is 27.7 Å². The second-order valence-corrected chi connectivity index (χ2v) is 6.91. The third-order valence-corrected chi connectivity index (χ3v) is 4.59. The lowest BCUT2D eigenvalue weighted by Gasteiger charge is -2.40. The van der Waals surface area contributed by atoms with E-state index in [1.807, 2.05) is 43.3 Å². The summed E-state index contributed by atoms with van der Waals surface area (Å²) in [5.74, 6) is -0.0222. The Morgan fingerprint density at radius 3 is 2.04 bits per heavy atom. The minimum absolute atomic E-state index is 0.139. The molecule has 0 fully saturated rings. The van der Waals surface area contributed by atoms with Crippen LogP contribution in [0.3, 0.4) is 0 Å². The largest absolute Gasteiger partial charge is 0.453 e. The molecule has 0 radical (unpaired) electrons. The molecule has 27 heavy (non-hydrogen) atoms. The van der Waals surface area contributed by atoms with Gasteiger partial charge in [-0.2, -0.15) is 0 Å². The Balaban J connectivity index is 0.00000176. The van der Waals surface area contributed by atoms with E-state index in [0.29, 0.717) is 12.8 Å². The number of nitrogens with zero attached hydrogens (tertiary/aromatic N) is 1. The van der Waals surface area contributed by atoms with Gasteiger partial charge < -0.3 is 14.7 Å². The number of carbonyl (C=O) groups is 1. The average molecular weight is 372 g/mol. The summed E-state index contributed by atoms with van der Waals surface area (Å²) in [7, 11) is 5.10. The van der Waals surface area contributed by atoms with Crippen molar-refractivity contribution in [3.05, 3.63) is 71.8 Å². The first kappa shape index (κ1) is 22.9. The molecule has 2 atom stereocenters. The molecular weight excluding hydrogens is 338 g/mol. The number of hydrogen-bond acceptors (Lipinski definition) is 4. The average Bonchev–Trinajstić information content (AvgIpc) is 2.69. The highest BCUT2D eigenvalue weighted by molar-refractivity contribution is 5.69. The lowest BCUT2D eigenvalue weighted by atomic mass is 9.77. The molecule has 0 bridgehead atoms. The second-order valence-electron chi connectivity index (χ2n) is 6.91. The van der Waals surface area contributed by atoms with E-state index in [2.05, 4.69) is 50.2 Å². The van der Waals surface area contributed by atoms with E-state index in [9.17, 15) is 4.79 Å². The molecule has 0 unspecified atom stereocenters. The number of rotatable bonds is 8. The van der Waals surface area contributed by atoms with Crippen molar-refractivity contribution in [3.63, 3.8) is 0 Å². The summed E-state index contributed by atoms with van der Waals surface area (Å²) in [6.07, 6.45) is 1.04. The van der Waals surface area contributed by atoms with Gasteiger partial charge in [-0.25, -0.2) is 0 Å². The summed E-state index contributed by atoms with van der Waals surface area (Å²) >= 11 is 0. The van der Waals surface area contributed by atoms with Crippen LogP contribution in [0.4, 0.5) is 0 Å². The Hall–Kier alpha value is -2.17. The van der Waals surface area contributed by atoms with Gasteiger partial charge in [0.1, 0.15) is 5.60 Å². The second kappa shape index (κ2) is 11.5. The van der Waals surface area contributed by atoms with Gasteiger partial charge >= 0.3 is 5.97 Å². The maximum Gasteiger partial charge on any atom is 0.306 e. The quantitative estimate of drug-likeness (QED) is 0.716. The van der Waals surface area contributed by atoms with Crippen LogP contribution in [0, 0.1) is 5.92 Å². The zero-order chi connectivity index (χ0) is 20.3. The Morgan fingerprint density at radius 2 is 1.56 bits per heavy atom. The maximum atomic E-state index is 12.3. The Morgan fingerprint density at radius 1 is 1.04 bits per heavy atom. The fourth-order valence-electron chi connectivity index (χ4n) is 3.35. The number of aliphatic hydroxyl groups excluding tert-OH is 1. The molecule has 1 N–H and O–H groups in total. The molecule has 4 heteroatoms. The van der Waals surface area contributed by atoms with Crippen molar-refractivity contribution in [2.45, 2.75) is 32.3 Å². The van der Waals surface area contributed by atoms with Crippen molar-refractivity contribution in [2.24, 2.45) is 5.92 Å². The molecule has 0 aromatic heterocycles. The monoisotopic (exact) mass is 371 g/mol. The number of aliphatic hydroxyl groups is 1. The molecule has 0 aliphatic carbocycles. The molecule has 0 heterocycles. The van der Waals surface area contributed by atoms with Crippen molar-refractivity contribution >= 4 is 5.97 Å². The molecule has 2 rings (SSSR count). The van der Waals surface area contributed by atoms with Crippen LogP contribution >= 0.6 is 0 Å². The SMILES string of the molecule is CCC(=O)O[C@](Cc1ccccc1)(c1ccccc1)[C@H](C)CN(C)C.CO. The zero-order valence-corrected chi connectivity index (χ0v) is 17.2. The van der Waals surface area contributed by atoms with Gasteiger partial charge in [0.25, 0.3) is 0 Å². The lowest BCUT2D eigenvalue weighted by Crippen LogP contribution is -2.44. The molecule has 0 aliphatic heterocycles. The fraction of sp³-hybridized carbons (Fsp3) is 0.435. The molecule has 4 nitrogen and oxygen atoms in total. The number of ether oxygens (including phenoxy) is 1. The molecule has 148 valence electrons. The van der Waals surface area contributed by atoms with E-state index in [-0.39, 0.29) is 11.9 Å². The summed E-state index contributed by atoms with van der Waals surface area (Å²) in [5, 5.41) is 7.00. The van der Waals surface area contributed by atoms with Gasteiger partial charge in [-0.15, -0.1) is 0 Å². The minimum atomic E-state index is -0.681. The first-order chi connectivity index (χ1) is 13.0. The highest BCUT2D eigenvalue weighted by Gasteiger charge is 2.42. The van der Waals surface area contributed by atoms with E-state index in [0.717, 1.165) is 19.2 Å². The highest BCUT2D eigenvalue weighted by atomic mass is 16.6. The van der Waals surface area contributed by atoms with E-state index in [4.69, 9.17) is 9.84 Å². The predicted octanol–water partition coefficient (Wildman–Crippen LogP) is 3.88. The number of benzene rings is 2. The predicted molar refractivity (Wildman–Crippen MR) is 111 cm³/mol. The Labute approximate surface area is 163 Å². The number of hydrogen-bond donors (Lipinski definition) is 1. The van der Waals surface area contributed by atoms with Crippen LogP contribution in [0.25, 0.3) is 0 Å². The van der Waals surface area contributed by atoms with Crippen LogP contribution in [0.15, 0.2) is 60.7 Å². The Bertz CT molecular complexity index is 658. The van der Waals surface area contributed by atoms with Gasteiger partial charge in [0.15, 0.2) is 0 Å². The summed E-state index contributed by atoms with van der Waals surface area (Å²) in [4.78, 5) is 14.5. The van der Waals surface area contributed by atoms with Gasteiger partial charge in [0.05, 0.1) is 0 Å². The Kier molecular flexibility index (Phi) is 9.76. The van der Waals surface area contributed by atoms with Gasteiger partial charge in [-0.1, -0.05) is 74.5 Å². The van der Waals surface area contributed by atoms with E-state index < -0.39 is 5.60 Å². The van der Waals surface area contributed by atoms with Crippen LogP contribution < -0.4 is 0 Å². The molecular formula is C23H33NO3. The van der Waals surface area contributed by atoms with Crippen molar-refractivity contribution in [1.29, 1.82) is 0 Å². The van der Waals surface area contributed by atoms with Gasteiger partial charge in [0.2, 0.25) is 0 Å². The van der Waals surface area contributed by atoms with Crippen LogP contribution in [0.2, 0.25) is 0 Å². The normalized spacial score (nSPS) is 13.9. The van der Waals surface area contributed by atoms with E-state index in [1.54, 1.807) is 0 Å². The smallest absolute Gasteiger partial charge is 0.306 e. The fourth-order valence-corrected chi connectivity index (χ4v) is 3.35. The number of carbonyl (C=O) groups excluding carboxylic acids is 1. The minimum Gasteiger partial charge on any atom is -0.453 e. The summed E-state index contributed by atoms with van der Waals surface area (Å²) in [6, 6.07) is 20.4. The molecule has 2 aromatic carbocycles. The molecule has 0 saturated carbocycles. The molecule has 0 spiro atoms. The van der Waals surface area contributed by atoms with Gasteiger partial charge in [-0.05, 0) is 25.2 Å². The third kappa shape index (κ3) is 6.49.